The van der Waals surface area contributed by atoms with Gasteiger partial charge in [-0.05, 0) is 25.5 Å². The number of anilines is 1. The number of benzene rings is 1. The topological polar surface area (TPSA) is 58.6 Å². The third-order valence-corrected chi connectivity index (χ3v) is 3.00. The van der Waals surface area contributed by atoms with Crippen LogP contribution >= 0.6 is 0 Å². The molecule has 1 aromatic rings. The van der Waals surface area contributed by atoms with E-state index in [0.29, 0.717) is 13.2 Å². The lowest BCUT2D eigenvalue weighted by atomic mass is 10.1. The standard InChI is InChI=1S/C15H22N2O3/c1-11-5-6-14(12(2)9-11)16-15(19)10-17(13(3)18)7-8-20-4/h5-6,9H,7-8,10H2,1-4H3,(H,16,19). The molecule has 0 atom stereocenters. The largest absolute Gasteiger partial charge is 0.383 e. The molecule has 1 N–H and O–H groups in total. The predicted octanol–water partition coefficient (Wildman–Crippen LogP) is 1.74. The lowest BCUT2D eigenvalue weighted by Crippen LogP contribution is -2.38. The first-order valence-corrected chi connectivity index (χ1v) is 6.55. The Labute approximate surface area is 119 Å². The molecule has 0 spiro atoms. The quantitative estimate of drug-likeness (QED) is 0.862. The number of nitrogens with zero attached hydrogens (tertiary/aromatic N) is 1. The van der Waals surface area contributed by atoms with Crippen molar-refractivity contribution in [2.75, 3.05) is 32.1 Å². The van der Waals surface area contributed by atoms with Crippen LogP contribution in [-0.4, -0.2) is 43.5 Å². The second-order valence-electron chi connectivity index (χ2n) is 4.80. The summed E-state index contributed by atoms with van der Waals surface area (Å²) in [5.74, 6) is -0.346. The Morgan fingerprint density at radius 3 is 2.55 bits per heavy atom. The van der Waals surface area contributed by atoms with E-state index < -0.39 is 0 Å². The number of rotatable bonds is 6. The molecule has 0 fully saturated rings. The van der Waals surface area contributed by atoms with Gasteiger partial charge >= 0.3 is 0 Å². The van der Waals surface area contributed by atoms with Crippen LogP contribution in [0.4, 0.5) is 5.69 Å². The molecule has 110 valence electrons. The molecular weight excluding hydrogens is 256 g/mol. The Kier molecular flexibility index (Phi) is 6.18. The average Bonchev–Trinajstić information content (AvgIpc) is 2.37. The van der Waals surface area contributed by atoms with Crippen LogP contribution in [0, 0.1) is 13.8 Å². The van der Waals surface area contributed by atoms with Gasteiger partial charge in [0.1, 0.15) is 0 Å². The second kappa shape index (κ2) is 7.65. The number of amides is 2. The number of methoxy groups -OCH3 is 1. The smallest absolute Gasteiger partial charge is 0.244 e. The average molecular weight is 278 g/mol. The third kappa shape index (κ3) is 5.01. The highest BCUT2D eigenvalue weighted by molar-refractivity contribution is 5.94. The van der Waals surface area contributed by atoms with Crippen molar-refractivity contribution in [1.82, 2.24) is 4.90 Å². The molecule has 0 aliphatic carbocycles. The zero-order chi connectivity index (χ0) is 15.1. The summed E-state index contributed by atoms with van der Waals surface area (Å²) in [6.45, 7) is 6.24. The zero-order valence-corrected chi connectivity index (χ0v) is 12.5. The van der Waals surface area contributed by atoms with Crippen LogP contribution in [0.3, 0.4) is 0 Å². The van der Waals surface area contributed by atoms with E-state index in [1.54, 1.807) is 7.11 Å². The van der Waals surface area contributed by atoms with E-state index in [2.05, 4.69) is 5.32 Å². The third-order valence-electron chi connectivity index (χ3n) is 3.00. The molecule has 0 unspecified atom stereocenters. The van der Waals surface area contributed by atoms with Crippen LogP contribution in [0.5, 0.6) is 0 Å². The van der Waals surface area contributed by atoms with Crippen LogP contribution < -0.4 is 5.32 Å². The maximum absolute atomic E-state index is 12.0. The number of hydrogen-bond donors (Lipinski definition) is 1. The molecule has 0 bridgehead atoms. The first kappa shape index (κ1) is 16.2. The summed E-state index contributed by atoms with van der Waals surface area (Å²) < 4.78 is 4.93. The van der Waals surface area contributed by atoms with E-state index in [4.69, 9.17) is 4.74 Å². The van der Waals surface area contributed by atoms with Gasteiger partial charge in [-0.25, -0.2) is 0 Å². The van der Waals surface area contributed by atoms with Gasteiger partial charge in [-0.2, -0.15) is 0 Å². The monoisotopic (exact) mass is 278 g/mol. The molecule has 0 saturated carbocycles. The van der Waals surface area contributed by atoms with Crippen LogP contribution in [0.2, 0.25) is 0 Å². The highest BCUT2D eigenvalue weighted by Gasteiger charge is 2.13. The lowest BCUT2D eigenvalue weighted by Gasteiger charge is -2.20. The fraction of sp³-hybridized carbons (Fsp3) is 0.467. The molecule has 0 aliphatic rings. The van der Waals surface area contributed by atoms with E-state index in [0.717, 1.165) is 16.8 Å². The van der Waals surface area contributed by atoms with Crippen LogP contribution in [-0.2, 0) is 14.3 Å². The molecule has 0 aromatic heterocycles. The minimum absolute atomic E-state index is 0.0337. The van der Waals surface area contributed by atoms with Crippen molar-refractivity contribution in [2.45, 2.75) is 20.8 Å². The minimum Gasteiger partial charge on any atom is -0.383 e. The van der Waals surface area contributed by atoms with Crippen LogP contribution in [0.1, 0.15) is 18.1 Å². The van der Waals surface area contributed by atoms with E-state index in [9.17, 15) is 9.59 Å². The number of hydrogen-bond acceptors (Lipinski definition) is 3. The van der Waals surface area contributed by atoms with Crippen molar-refractivity contribution >= 4 is 17.5 Å². The molecule has 5 heteroatoms. The molecule has 20 heavy (non-hydrogen) atoms. The second-order valence-corrected chi connectivity index (χ2v) is 4.80. The summed E-state index contributed by atoms with van der Waals surface area (Å²) in [6.07, 6.45) is 0. The molecule has 1 rings (SSSR count). The first-order chi connectivity index (χ1) is 9.43. The van der Waals surface area contributed by atoms with Gasteiger partial charge in [0, 0.05) is 26.3 Å². The summed E-state index contributed by atoms with van der Waals surface area (Å²) in [5, 5.41) is 2.83. The highest BCUT2D eigenvalue weighted by Crippen LogP contribution is 2.15. The van der Waals surface area contributed by atoms with Crippen LogP contribution in [0.25, 0.3) is 0 Å². The van der Waals surface area contributed by atoms with Crippen LogP contribution in [0.15, 0.2) is 18.2 Å². The van der Waals surface area contributed by atoms with Crippen molar-refractivity contribution in [3.8, 4) is 0 Å². The summed E-state index contributed by atoms with van der Waals surface area (Å²) in [7, 11) is 1.56. The van der Waals surface area contributed by atoms with Gasteiger partial charge in [-0.3, -0.25) is 9.59 Å². The summed E-state index contributed by atoms with van der Waals surface area (Å²) >= 11 is 0. The number of ether oxygens (including phenoxy) is 1. The van der Waals surface area contributed by atoms with Gasteiger partial charge in [0.25, 0.3) is 0 Å². The molecule has 0 aliphatic heterocycles. The van der Waals surface area contributed by atoms with Gasteiger partial charge in [0.05, 0.1) is 13.2 Å². The summed E-state index contributed by atoms with van der Waals surface area (Å²) in [5.41, 5.74) is 2.92. The maximum Gasteiger partial charge on any atom is 0.244 e. The number of carbonyl (C=O) groups is 2. The molecule has 0 heterocycles. The molecule has 0 radical (unpaired) electrons. The SMILES string of the molecule is COCCN(CC(=O)Nc1ccc(C)cc1C)C(C)=O. The number of aryl methyl sites for hydroxylation is 2. The van der Waals surface area contributed by atoms with Crippen molar-refractivity contribution in [1.29, 1.82) is 0 Å². The maximum atomic E-state index is 12.0. The zero-order valence-electron chi connectivity index (χ0n) is 12.5. The molecule has 0 saturated heterocycles. The van der Waals surface area contributed by atoms with Gasteiger partial charge in [-0.15, -0.1) is 0 Å². The van der Waals surface area contributed by atoms with Crippen molar-refractivity contribution < 1.29 is 14.3 Å². The Morgan fingerprint density at radius 1 is 1.30 bits per heavy atom. The fourth-order valence-corrected chi connectivity index (χ4v) is 1.87. The molecule has 5 nitrogen and oxygen atoms in total. The Balaban J connectivity index is 2.63. The van der Waals surface area contributed by atoms with E-state index in [-0.39, 0.29) is 18.4 Å². The van der Waals surface area contributed by atoms with E-state index in [1.165, 1.54) is 11.8 Å². The normalized spacial score (nSPS) is 10.2. The summed E-state index contributed by atoms with van der Waals surface area (Å²) in [6, 6.07) is 5.81. The highest BCUT2D eigenvalue weighted by atomic mass is 16.5. The molecule has 2 amide bonds. The fourth-order valence-electron chi connectivity index (χ4n) is 1.87. The van der Waals surface area contributed by atoms with Crippen molar-refractivity contribution in [3.05, 3.63) is 29.3 Å². The molecule has 1 aromatic carbocycles. The minimum atomic E-state index is -0.205. The van der Waals surface area contributed by atoms with Gasteiger partial charge in [0.2, 0.25) is 11.8 Å². The van der Waals surface area contributed by atoms with Gasteiger partial charge < -0.3 is 15.0 Å². The number of nitrogens with one attached hydrogen (secondary N) is 1. The Hall–Kier alpha value is -1.88. The van der Waals surface area contributed by atoms with Crippen molar-refractivity contribution in [3.63, 3.8) is 0 Å². The Morgan fingerprint density at radius 2 is 2.00 bits per heavy atom. The van der Waals surface area contributed by atoms with E-state index >= 15 is 0 Å². The number of carbonyl (C=O) groups excluding carboxylic acids is 2. The molecular formula is C15H22N2O3. The first-order valence-electron chi connectivity index (χ1n) is 6.55. The lowest BCUT2D eigenvalue weighted by molar-refractivity contribution is -0.133. The summed E-state index contributed by atoms with van der Waals surface area (Å²) in [4.78, 5) is 24.9. The predicted molar refractivity (Wildman–Crippen MR) is 78.7 cm³/mol. The van der Waals surface area contributed by atoms with Crippen molar-refractivity contribution in [2.24, 2.45) is 0 Å². The Bertz CT molecular complexity index is 486. The van der Waals surface area contributed by atoms with Gasteiger partial charge in [-0.1, -0.05) is 17.7 Å². The van der Waals surface area contributed by atoms with Gasteiger partial charge in [0.15, 0.2) is 0 Å². The van der Waals surface area contributed by atoms with E-state index in [1.807, 2.05) is 32.0 Å².